The lowest BCUT2D eigenvalue weighted by molar-refractivity contribution is 0.0897. The highest BCUT2D eigenvalue weighted by Crippen LogP contribution is 2.22. The first-order valence-electron chi connectivity index (χ1n) is 6.91. The Bertz CT molecular complexity index is 785. The van der Waals surface area contributed by atoms with Gasteiger partial charge in [0.25, 0.3) is 0 Å². The number of hydrogen-bond acceptors (Lipinski definition) is 4. The Kier molecular flexibility index (Phi) is 2.72. The summed E-state index contributed by atoms with van der Waals surface area (Å²) in [6, 6.07) is 8.48. The Morgan fingerprint density at radius 2 is 2.19 bits per heavy atom. The second kappa shape index (κ2) is 4.72. The van der Waals surface area contributed by atoms with Gasteiger partial charge in [0.05, 0.1) is 23.5 Å². The monoisotopic (exact) mass is 278 g/mol. The van der Waals surface area contributed by atoms with Crippen molar-refractivity contribution in [2.45, 2.75) is 12.6 Å². The van der Waals surface area contributed by atoms with Crippen LogP contribution in [-0.4, -0.2) is 37.2 Å². The fraction of sp³-hybridized carbons (Fsp3) is 0.267. The van der Waals surface area contributed by atoms with Crippen molar-refractivity contribution >= 4 is 5.65 Å². The summed E-state index contributed by atoms with van der Waals surface area (Å²) in [7, 11) is 0. The fourth-order valence-corrected chi connectivity index (χ4v) is 2.73. The highest BCUT2D eigenvalue weighted by atomic mass is 15.4. The normalized spacial score (nSPS) is 16.0. The van der Waals surface area contributed by atoms with E-state index < -0.39 is 0 Å². The molecule has 21 heavy (non-hydrogen) atoms. The van der Waals surface area contributed by atoms with E-state index in [0.29, 0.717) is 11.6 Å². The van der Waals surface area contributed by atoms with Crippen LogP contribution >= 0.6 is 0 Å². The molecule has 4 rings (SSSR count). The second-order valence-corrected chi connectivity index (χ2v) is 5.37. The molecular weight excluding hydrogens is 264 g/mol. The molecule has 3 aromatic rings. The van der Waals surface area contributed by atoms with Crippen molar-refractivity contribution in [1.82, 2.24) is 24.1 Å². The van der Waals surface area contributed by atoms with Crippen LogP contribution in [0.15, 0.2) is 43.0 Å². The predicted molar refractivity (Wildman–Crippen MR) is 76.4 cm³/mol. The summed E-state index contributed by atoms with van der Waals surface area (Å²) in [5, 5.41) is 13.0. The van der Waals surface area contributed by atoms with Gasteiger partial charge in [-0.1, -0.05) is 6.07 Å². The predicted octanol–water partition coefficient (Wildman–Crippen LogP) is 1.46. The van der Waals surface area contributed by atoms with Gasteiger partial charge < -0.3 is 4.40 Å². The van der Waals surface area contributed by atoms with E-state index in [1.807, 2.05) is 39.7 Å². The molecule has 0 unspecified atom stereocenters. The molecule has 4 heterocycles. The maximum absolute atomic E-state index is 8.82. The van der Waals surface area contributed by atoms with Gasteiger partial charge in [0.2, 0.25) is 0 Å². The molecule has 6 heteroatoms. The zero-order chi connectivity index (χ0) is 14.2. The molecule has 3 aromatic heterocycles. The molecule has 0 amide bonds. The minimum atomic E-state index is 0.365. The molecule has 0 N–H and O–H groups in total. The lowest BCUT2D eigenvalue weighted by atomic mass is 10.1. The van der Waals surface area contributed by atoms with Crippen molar-refractivity contribution < 1.29 is 0 Å². The third-order valence-corrected chi connectivity index (χ3v) is 3.84. The number of aromatic nitrogens is 4. The van der Waals surface area contributed by atoms with Crippen LogP contribution in [-0.2, 0) is 6.54 Å². The quantitative estimate of drug-likeness (QED) is 0.727. The average Bonchev–Trinajstić information content (AvgIpc) is 3.08. The third kappa shape index (κ3) is 2.18. The van der Waals surface area contributed by atoms with E-state index in [1.54, 1.807) is 6.20 Å². The highest BCUT2D eigenvalue weighted by Gasteiger charge is 2.29. The molecule has 1 aliphatic rings. The van der Waals surface area contributed by atoms with E-state index in [0.717, 1.165) is 31.0 Å². The Morgan fingerprint density at radius 1 is 1.29 bits per heavy atom. The average molecular weight is 278 g/mol. The van der Waals surface area contributed by atoms with Gasteiger partial charge >= 0.3 is 0 Å². The second-order valence-electron chi connectivity index (χ2n) is 5.37. The number of imidazole rings is 1. The van der Waals surface area contributed by atoms with Crippen LogP contribution in [0.2, 0.25) is 0 Å². The maximum atomic E-state index is 8.82. The summed E-state index contributed by atoms with van der Waals surface area (Å²) >= 11 is 0. The van der Waals surface area contributed by atoms with Crippen LogP contribution < -0.4 is 0 Å². The van der Waals surface area contributed by atoms with Crippen molar-refractivity contribution in [2.75, 3.05) is 13.1 Å². The Labute approximate surface area is 121 Å². The van der Waals surface area contributed by atoms with Crippen molar-refractivity contribution in [3.63, 3.8) is 0 Å². The number of likely N-dealkylation sites (tertiary alicyclic amines) is 1. The lowest BCUT2D eigenvalue weighted by Gasteiger charge is -2.38. The van der Waals surface area contributed by atoms with Crippen LogP contribution in [0.5, 0.6) is 0 Å². The smallest absolute Gasteiger partial charge is 0.137 e. The molecule has 104 valence electrons. The number of hydrogen-bond donors (Lipinski definition) is 0. The SMILES string of the molecule is N#Cc1cnn(C2CN(Cc3cn4ccccc4n3)C2)c1. The van der Waals surface area contributed by atoms with Gasteiger partial charge in [0.1, 0.15) is 11.7 Å². The van der Waals surface area contributed by atoms with Gasteiger partial charge in [-0.2, -0.15) is 10.4 Å². The maximum Gasteiger partial charge on any atom is 0.137 e. The summed E-state index contributed by atoms with van der Waals surface area (Å²) in [5.41, 5.74) is 2.68. The number of rotatable bonds is 3. The Hall–Kier alpha value is -2.65. The van der Waals surface area contributed by atoms with Crippen LogP contribution in [0.3, 0.4) is 0 Å². The first kappa shape index (κ1) is 12.1. The summed E-state index contributed by atoms with van der Waals surface area (Å²) in [4.78, 5) is 6.94. The van der Waals surface area contributed by atoms with E-state index in [2.05, 4.69) is 27.2 Å². The van der Waals surface area contributed by atoms with E-state index >= 15 is 0 Å². The summed E-state index contributed by atoms with van der Waals surface area (Å²) in [5.74, 6) is 0. The molecular formula is C15H14N6. The number of nitrogens with zero attached hydrogens (tertiary/aromatic N) is 6. The topological polar surface area (TPSA) is 62.2 Å². The number of fused-ring (bicyclic) bond motifs is 1. The van der Waals surface area contributed by atoms with Crippen molar-refractivity contribution in [1.29, 1.82) is 5.26 Å². The molecule has 6 nitrogen and oxygen atoms in total. The minimum absolute atomic E-state index is 0.365. The van der Waals surface area contributed by atoms with Crippen molar-refractivity contribution in [2.24, 2.45) is 0 Å². The molecule has 1 fully saturated rings. The van der Waals surface area contributed by atoms with E-state index in [1.165, 1.54) is 0 Å². The summed E-state index contributed by atoms with van der Waals surface area (Å²) < 4.78 is 3.93. The fourth-order valence-electron chi connectivity index (χ4n) is 2.73. The molecule has 0 aromatic carbocycles. The first-order valence-corrected chi connectivity index (χ1v) is 6.91. The molecule has 1 saturated heterocycles. The Morgan fingerprint density at radius 3 is 2.95 bits per heavy atom. The first-order chi connectivity index (χ1) is 10.3. The molecule has 1 aliphatic heterocycles. The molecule has 0 aliphatic carbocycles. The Balaban J connectivity index is 1.40. The molecule has 0 radical (unpaired) electrons. The molecule has 0 atom stereocenters. The summed E-state index contributed by atoms with van der Waals surface area (Å²) in [6.45, 7) is 2.74. The van der Waals surface area contributed by atoms with Gasteiger partial charge in [-0.3, -0.25) is 9.58 Å². The lowest BCUT2D eigenvalue weighted by Crippen LogP contribution is -2.47. The molecule has 0 saturated carbocycles. The standard InChI is InChI=1S/C15H14N6/c16-5-12-6-17-21(7-12)14-10-19(11-14)8-13-9-20-4-2-1-3-15(20)18-13/h1-4,6-7,9,14H,8,10-11H2. The van der Waals surface area contributed by atoms with Crippen LogP contribution in [0.1, 0.15) is 17.3 Å². The highest BCUT2D eigenvalue weighted by molar-refractivity contribution is 5.39. The molecule has 0 bridgehead atoms. The van der Waals surface area contributed by atoms with Gasteiger partial charge in [-0.15, -0.1) is 0 Å². The third-order valence-electron chi connectivity index (χ3n) is 3.84. The van der Waals surface area contributed by atoms with Crippen LogP contribution in [0.25, 0.3) is 5.65 Å². The van der Waals surface area contributed by atoms with Gasteiger partial charge in [0, 0.05) is 38.2 Å². The minimum Gasteiger partial charge on any atom is -0.307 e. The van der Waals surface area contributed by atoms with E-state index in [4.69, 9.17) is 5.26 Å². The van der Waals surface area contributed by atoms with Crippen LogP contribution in [0.4, 0.5) is 0 Å². The summed E-state index contributed by atoms with van der Waals surface area (Å²) in [6.07, 6.45) is 7.51. The van der Waals surface area contributed by atoms with Crippen molar-refractivity contribution in [3.8, 4) is 6.07 Å². The van der Waals surface area contributed by atoms with E-state index in [9.17, 15) is 0 Å². The van der Waals surface area contributed by atoms with Crippen LogP contribution in [0, 0.1) is 11.3 Å². The number of pyridine rings is 1. The zero-order valence-corrected chi connectivity index (χ0v) is 11.4. The van der Waals surface area contributed by atoms with E-state index in [-0.39, 0.29) is 0 Å². The zero-order valence-electron chi connectivity index (χ0n) is 11.4. The van der Waals surface area contributed by atoms with Gasteiger partial charge in [0.15, 0.2) is 0 Å². The van der Waals surface area contributed by atoms with Gasteiger partial charge in [-0.25, -0.2) is 4.98 Å². The van der Waals surface area contributed by atoms with Gasteiger partial charge in [-0.05, 0) is 12.1 Å². The van der Waals surface area contributed by atoms with Crippen molar-refractivity contribution in [3.05, 3.63) is 54.2 Å². The largest absolute Gasteiger partial charge is 0.307 e. The number of nitriles is 1. The molecule has 0 spiro atoms.